The molecule has 3 fully saturated rings. The molecule has 0 saturated carbocycles. The zero-order valence-electron chi connectivity index (χ0n) is 15.8. The molecule has 8 heteroatoms. The monoisotopic (exact) mass is 408 g/mol. The van der Waals surface area contributed by atoms with Gasteiger partial charge < -0.3 is 20.0 Å². The Morgan fingerprint density at radius 2 is 1.58 bits per heavy atom. The lowest BCUT2D eigenvalue weighted by molar-refractivity contribution is -0.137. The molecule has 0 radical (unpaired) electrons. The van der Waals surface area contributed by atoms with E-state index in [0.717, 1.165) is 78.2 Å². The van der Waals surface area contributed by atoms with Crippen molar-refractivity contribution >= 4 is 36.6 Å². The van der Waals surface area contributed by atoms with E-state index < -0.39 is 0 Å². The van der Waals surface area contributed by atoms with Crippen LogP contribution in [0.4, 0.5) is 0 Å². The van der Waals surface area contributed by atoms with Crippen LogP contribution in [0.25, 0.3) is 0 Å². The molecule has 0 spiro atoms. The highest BCUT2D eigenvalue weighted by Gasteiger charge is 2.31. The van der Waals surface area contributed by atoms with Crippen molar-refractivity contribution in [3.8, 4) is 0 Å². The third-order valence-corrected chi connectivity index (χ3v) is 5.97. The number of hydrogen-bond acceptors (Lipinski definition) is 4. The Labute approximate surface area is 169 Å². The van der Waals surface area contributed by atoms with E-state index in [1.54, 1.807) is 0 Å². The molecular weight excluding hydrogens is 375 g/mol. The molecule has 0 aliphatic carbocycles. The summed E-state index contributed by atoms with van der Waals surface area (Å²) in [4.78, 5) is 31.4. The number of piperazine rings is 1. The zero-order valence-corrected chi connectivity index (χ0v) is 17.5. The fourth-order valence-corrected chi connectivity index (χ4v) is 4.17. The number of halogens is 2. The molecular formula is C18H34Cl2N4O2. The van der Waals surface area contributed by atoms with Crippen LogP contribution in [0.1, 0.15) is 32.6 Å². The molecule has 1 N–H and O–H groups in total. The second-order valence-corrected chi connectivity index (χ2v) is 7.48. The van der Waals surface area contributed by atoms with Crippen LogP contribution < -0.4 is 5.32 Å². The average molecular weight is 409 g/mol. The lowest BCUT2D eigenvalue weighted by Crippen LogP contribution is -2.49. The molecule has 0 aromatic rings. The highest BCUT2D eigenvalue weighted by molar-refractivity contribution is 5.85. The number of nitrogens with one attached hydrogen (secondary N) is 1. The minimum Gasteiger partial charge on any atom is -0.342 e. The maximum atomic E-state index is 12.5. The van der Waals surface area contributed by atoms with Crippen LogP contribution in [0, 0.1) is 11.8 Å². The standard InChI is InChI=1S/C18H32N4O2.2ClH/c1-2-20-9-11-21(12-10-20)17(23)13-15-4-7-22(8-5-15)18(24)16-3-6-19-14-16;;/h15-16,19H,2-14H2,1H3;2*1H. The van der Waals surface area contributed by atoms with Gasteiger partial charge in [-0.2, -0.15) is 0 Å². The summed E-state index contributed by atoms with van der Waals surface area (Å²) in [5, 5.41) is 3.27. The van der Waals surface area contributed by atoms with Gasteiger partial charge in [0.05, 0.1) is 5.92 Å². The van der Waals surface area contributed by atoms with Crippen molar-refractivity contribution in [3.05, 3.63) is 0 Å². The van der Waals surface area contributed by atoms with E-state index in [1.165, 1.54) is 0 Å². The number of rotatable bonds is 4. The molecule has 0 aromatic heterocycles. The molecule has 26 heavy (non-hydrogen) atoms. The van der Waals surface area contributed by atoms with Gasteiger partial charge in [0.25, 0.3) is 0 Å². The van der Waals surface area contributed by atoms with Gasteiger partial charge >= 0.3 is 0 Å². The zero-order chi connectivity index (χ0) is 16.9. The van der Waals surface area contributed by atoms with E-state index >= 15 is 0 Å². The van der Waals surface area contributed by atoms with Crippen LogP contribution in [0.3, 0.4) is 0 Å². The van der Waals surface area contributed by atoms with Crippen LogP contribution >= 0.6 is 24.8 Å². The van der Waals surface area contributed by atoms with Crippen LogP contribution in [0.5, 0.6) is 0 Å². The van der Waals surface area contributed by atoms with Gasteiger partial charge in [0.2, 0.25) is 11.8 Å². The predicted molar refractivity (Wildman–Crippen MR) is 108 cm³/mol. The maximum Gasteiger partial charge on any atom is 0.227 e. The largest absolute Gasteiger partial charge is 0.342 e. The van der Waals surface area contributed by atoms with Crippen LogP contribution in [-0.2, 0) is 9.59 Å². The quantitative estimate of drug-likeness (QED) is 0.759. The third-order valence-electron chi connectivity index (χ3n) is 5.97. The molecule has 6 nitrogen and oxygen atoms in total. The fraction of sp³-hybridized carbons (Fsp3) is 0.889. The Bertz CT molecular complexity index is 444. The fourth-order valence-electron chi connectivity index (χ4n) is 4.17. The second kappa shape index (κ2) is 11.3. The minimum atomic E-state index is 0. The maximum absolute atomic E-state index is 12.5. The summed E-state index contributed by atoms with van der Waals surface area (Å²) in [6.45, 7) is 10.5. The molecule has 1 unspecified atom stereocenters. The normalized spacial score (nSPS) is 24.7. The van der Waals surface area contributed by atoms with Crippen molar-refractivity contribution in [2.45, 2.75) is 32.6 Å². The summed E-state index contributed by atoms with van der Waals surface area (Å²) in [5.41, 5.74) is 0. The summed E-state index contributed by atoms with van der Waals surface area (Å²) in [6, 6.07) is 0. The SMILES string of the molecule is CCN1CCN(C(=O)CC2CCN(C(=O)C3CCNC3)CC2)CC1.Cl.Cl. The number of carbonyl (C=O) groups is 2. The Morgan fingerprint density at radius 1 is 0.923 bits per heavy atom. The van der Waals surface area contributed by atoms with Gasteiger partial charge in [0.1, 0.15) is 0 Å². The first-order valence-electron chi connectivity index (χ1n) is 9.67. The van der Waals surface area contributed by atoms with Crippen molar-refractivity contribution < 1.29 is 9.59 Å². The Morgan fingerprint density at radius 3 is 2.12 bits per heavy atom. The van der Waals surface area contributed by atoms with Crippen molar-refractivity contribution in [2.24, 2.45) is 11.8 Å². The van der Waals surface area contributed by atoms with Crippen LogP contribution in [0.15, 0.2) is 0 Å². The molecule has 2 amide bonds. The molecule has 3 aliphatic heterocycles. The lowest BCUT2D eigenvalue weighted by atomic mass is 9.92. The van der Waals surface area contributed by atoms with Crippen molar-refractivity contribution in [1.82, 2.24) is 20.0 Å². The smallest absolute Gasteiger partial charge is 0.227 e. The summed E-state index contributed by atoms with van der Waals surface area (Å²) < 4.78 is 0. The number of hydrogen-bond donors (Lipinski definition) is 1. The highest BCUT2D eigenvalue weighted by atomic mass is 35.5. The van der Waals surface area contributed by atoms with Gasteiger partial charge in [-0.25, -0.2) is 0 Å². The Balaban J connectivity index is 0.00000169. The first kappa shape index (κ1) is 23.5. The van der Waals surface area contributed by atoms with Gasteiger partial charge in [-0.05, 0) is 38.3 Å². The van der Waals surface area contributed by atoms with Crippen molar-refractivity contribution in [3.63, 3.8) is 0 Å². The predicted octanol–water partition coefficient (Wildman–Crippen LogP) is 1.23. The van der Waals surface area contributed by atoms with E-state index in [9.17, 15) is 9.59 Å². The number of amides is 2. The van der Waals surface area contributed by atoms with Gasteiger partial charge in [-0.15, -0.1) is 24.8 Å². The first-order chi connectivity index (χ1) is 11.7. The Kier molecular flexibility index (Phi) is 10.2. The summed E-state index contributed by atoms with van der Waals surface area (Å²) in [7, 11) is 0. The number of likely N-dealkylation sites (tertiary alicyclic amines) is 1. The van der Waals surface area contributed by atoms with Crippen molar-refractivity contribution in [1.29, 1.82) is 0 Å². The van der Waals surface area contributed by atoms with E-state index in [4.69, 9.17) is 0 Å². The summed E-state index contributed by atoms with van der Waals surface area (Å²) >= 11 is 0. The molecule has 0 aromatic carbocycles. The Hall–Kier alpha value is -0.560. The molecule has 152 valence electrons. The van der Waals surface area contributed by atoms with E-state index in [0.29, 0.717) is 24.2 Å². The number of carbonyl (C=O) groups excluding carboxylic acids is 2. The van der Waals surface area contributed by atoms with Gasteiger partial charge in [0, 0.05) is 52.2 Å². The minimum absolute atomic E-state index is 0. The topological polar surface area (TPSA) is 55.9 Å². The van der Waals surface area contributed by atoms with Crippen molar-refractivity contribution in [2.75, 3.05) is 58.9 Å². The lowest BCUT2D eigenvalue weighted by Gasteiger charge is -2.36. The molecule has 1 atom stereocenters. The molecule has 0 bridgehead atoms. The molecule has 3 saturated heterocycles. The number of nitrogens with zero attached hydrogens (tertiary/aromatic N) is 3. The third kappa shape index (κ3) is 5.98. The average Bonchev–Trinajstić information content (AvgIpc) is 3.16. The number of piperidine rings is 1. The van der Waals surface area contributed by atoms with Crippen LogP contribution in [0.2, 0.25) is 0 Å². The molecule has 3 rings (SSSR count). The van der Waals surface area contributed by atoms with Gasteiger partial charge in [-0.3, -0.25) is 9.59 Å². The first-order valence-corrected chi connectivity index (χ1v) is 9.67. The molecule has 3 aliphatic rings. The molecule has 3 heterocycles. The van der Waals surface area contributed by atoms with Crippen LogP contribution in [-0.4, -0.2) is 85.4 Å². The number of likely N-dealkylation sites (N-methyl/N-ethyl adjacent to an activating group) is 1. The summed E-state index contributed by atoms with van der Waals surface area (Å²) in [6.07, 6.45) is 3.60. The second-order valence-electron chi connectivity index (χ2n) is 7.48. The van der Waals surface area contributed by atoms with E-state index in [1.807, 2.05) is 9.80 Å². The highest BCUT2D eigenvalue weighted by Crippen LogP contribution is 2.24. The van der Waals surface area contributed by atoms with Gasteiger partial charge in [0.15, 0.2) is 0 Å². The van der Waals surface area contributed by atoms with E-state index in [2.05, 4.69) is 17.1 Å². The van der Waals surface area contributed by atoms with E-state index in [-0.39, 0.29) is 30.7 Å². The summed E-state index contributed by atoms with van der Waals surface area (Å²) in [5.74, 6) is 1.27. The van der Waals surface area contributed by atoms with Gasteiger partial charge in [-0.1, -0.05) is 6.92 Å².